The number of amides is 1. The van der Waals surface area contributed by atoms with Gasteiger partial charge in [0.2, 0.25) is 0 Å². The Morgan fingerprint density at radius 2 is 1.97 bits per heavy atom. The summed E-state index contributed by atoms with van der Waals surface area (Å²) in [6.07, 6.45) is 5.07. The second kappa shape index (κ2) is 9.21. The normalized spacial score (nSPS) is 18.4. The third kappa shape index (κ3) is 4.44. The molecule has 2 heterocycles. The van der Waals surface area contributed by atoms with E-state index < -0.39 is 5.82 Å². The van der Waals surface area contributed by atoms with Crippen molar-refractivity contribution in [2.45, 2.75) is 44.1 Å². The zero-order valence-electron chi connectivity index (χ0n) is 18.7. The van der Waals surface area contributed by atoms with Gasteiger partial charge in [0.15, 0.2) is 5.69 Å². The first-order valence-electron chi connectivity index (χ1n) is 11.6. The van der Waals surface area contributed by atoms with Crippen LogP contribution in [0.25, 0.3) is 16.9 Å². The number of nitriles is 1. The number of nitrogens with two attached hydrogens (primary N) is 1. The van der Waals surface area contributed by atoms with Gasteiger partial charge < -0.3 is 10.6 Å². The van der Waals surface area contributed by atoms with Gasteiger partial charge in [-0.15, -0.1) is 0 Å². The molecule has 6 nitrogen and oxygen atoms in total. The Bertz CT molecular complexity index is 1290. The van der Waals surface area contributed by atoms with Crippen molar-refractivity contribution >= 4 is 17.5 Å². The van der Waals surface area contributed by atoms with Crippen LogP contribution in [0.15, 0.2) is 42.5 Å². The van der Waals surface area contributed by atoms with Crippen LogP contribution in [0.4, 0.5) is 4.39 Å². The summed E-state index contributed by atoms with van der Waals surface area (Å²) in [6, 6.07) is 13.7. The number of hydrogen-bond acceptors (Lipinski definition) is 4. The first kappa shape index (κ1) is 22.6. The maximum Gasteiger partial charge on any atom is 0.274 e. The van der Waals surface area contributed by atoms with E-state index in [1.54, 1.807) is 21.7 Å². The van der Waals surface area contributed by atoms with Crippen LogP contribution in [0.5, 0.6) is 0 Å². The lowest BCUT2D eigenvalue weighted by atomic mass is 10.1. The number of benzene rings is 2. The van der Waals surface area contributed by atoms with Gasteiger partial charge in [-0.1, -0.05) is 30.2 Å². The van der Waals surface area contributed by atoms with Crippen LogP contribution >= 0.6 is 11.6 Å². The van der Waals surface area contributed by atoms with Crippen molar-refractivity contribution in [1.82, 2.24) is 14.7 Å². The zero-order chi connectivity index (χ0) is 23.8. The number of likely N-dealkylation sites (tertiary alicyclic amines) is 1. The minimum atomic E-state index is -0.630. The smallest absolute Gasteiger partial charge is 0.274 e. The molecule has 1 atom stereocenters. The summed E-state index contributed by atoms with van der Waals surface area (Å²) < 4.78 is 16.1. The van der Waals surface area contributed by atoms with Gasteiger partial charge in [0.05, 0.1) is 22.0 Å². The Balaban J connectivity index is 1.59. The molecule has 8 heteroatoms. The van der Waals surface area contributed by atoms with Crippen LogP contribution in [0.1, 0.15) is 59.6 Å². The minimum Gasteiger partial charge on any atom is -0.336 e. The number of rotatable bonds is 4. The van der Waals surface area contributed by atoms with Gasteiger partial charge in [-0.25, -0.2) is 9.07 Å². The van der Waals surface area contributed by atoms with Crippen molar-refractivity contribution in [3.63, 3.8) is 0 Å². The van der Waals surface area contributed by atoms with Crippen molar-refractivity contribution in [3.8, 4) is 23.0 Å². The van der Waals surface area contributed by atoms with Gasteiger partial charge in [0.1, 0.15) is 11.9 Å². The molecule has 174 valence electrons. The lowest BCUT2D eigenvalue weighted by Crippen LogP contribution is -2.39. The number of halogens is 2. The second-order valence-electron chi connectivity index (χ2n) is 9.13. The molecule has 1 unspecified atom stereocenters. The molecule has 1 amide bonds. The Morgan fingerprint density at radius 1 is 1.15 bits per heavy atom. The van der Waals surface area contributed by atoms with Crippen molar-refractivity contribution in [3.05, 3.63) is 70.1 Å². The highest BCUT2D eigenvalue weighted by Gasteiger charge is 2.27. The van der Waals surface area contributed by atoms with Crippen molar-refractivity contribution < 1.29 is 9.18 Å². The number of hydrogen-bond donors (Lipinski definition) is 1. The molecule has 34 heavy (non-hydrogen) atoms. The van der Waals surface area contributed by atoms with E-state index in [4.69, 9.17) is 22.6 Å². The maximum absolute atomic E-state index is 14.5. The topological polar surface area (TPSA) is 87.9 Å². The monoisotopic (exact) mass is 477 g/mol. The highest BCUT2D eigenvalue weighted by Crippen LogP contribution is 2.42. The van der Waals surface area contributed by atoms with Crippen molar-refractivity contribution in [2.75, 3.05) is 13.1 Å². The lowest BCUT2D eigenvalue weighted by Gasteiger charge is -2.21. The summed E-state index contributed by atoms with van der Waals surface area (Å²) in [5.74, 6) is -0.299. The second-order valence-corrected chi connectivity index (χ2v) is 9.53. The van der Waals surface area contributed by atoms with Gasteiger partial charge in [0.25, 0.3) is 5.91 Å². The Morgan fingerprint density at radius 3 is 2.68 bits per heavy atom. The summed E-state index contributed by atoms with van der Waals surface area (Å²) >= 11 is 6.66. The fourth-order valence-electron chi connectivity index (χ4n) is 4.53. The summed E-state index contributed by atoms with van der Waals surface area (Å²) in [7, 11) is 0. The molecule has 1 saturated carbocycles. The SMILES string of the molecule is N#Cc1ccc(-c2cc(C(=O)N3CCCCC(N)C3)nn2-c2ccc(C3CC3)cc2Cl)cc1F. The molecule has 1 aliphatic carbocycles. The Kier molecular flexibility index (Phi) is 6.11. The summed E-state index contributed by atoms with van der Waals surface area (Å²) in [6.45, 7) is 1.10. The van der Waals surface area contributed by atoms with E-state index in [0.717, 1.165) is 32.1 Å². The highest BCUT2D eigenvalue weighted by atomic mass is 35.5. The maximum atomic E-state index is 14.5. The van der Waals surface area contributed by atoms with Gasteiger partial charge in [0, 0.05) is 24.7 Å². The Labute approximate surface area is 202 Å². The molecule has 5 rings (SSSR count). The number of carbonyl (C=O) groups excluding carboxylic acids is 1. The molecule has 1 saturated heterocycles. The summed E-state index contributed by atoms with van der Waals surface area (Å²) in [5.41, 5.74) is 9.17. The van der Waals surface area contributed by atoms with Crippen LogP contribution in [-0.2, 0) is 0 Å². The predicted octanol–water partition coefficient (Wildman–Crippen LogP) is 5.03. The van der Waals surface area contributed by atoms with Crippen LogP contribution < -0.4 is 5.73 Å². The molecule has 0 radical (unpaired) electrons. The minimum absolute atomic E-state index is 0.0449. The molecule has 0 spiro atoms. The van der Waals surface area contributed by atoms with Crippen LogP contribution in [-0.4, -0.2) is 39.7 Å². The molecule has 2 aromatic carbocycles. The standard InChI is InChI=1S/C26H25ClFN5O/c27-21-11-17(16-4-5-16)8-9-24(21)33-25(18-6-7-19(14-29)22(28)12-18)13-23(31-33)26(34)32-10-2-1-3-20(30)15-32/h6-9,11-13,16,20H,1-5,10,15,30H2. The molecule has 1 aliphatic heterocycles. The fourth-order valence-corrected chi connectivity index (χ4v) is 4.80. The largest absolute Gasteiger partial charge is 0.336 e. The average molecular weight is 478 g/mol. The van der Waals surface area contributed by atoms with E-state index in [2.05, 4.69) is 5.10 Å². The highest BCUT2D eigenvalue weighted by molar-refractivity contribution is 6.32. The third-order valence-electron chi connectivity index (χ3n) is 6.56. The molecule has 1 aromatic heterocycles. The molecular weight excluding hydrogens is 453 g/mol. The number of aromatic nitrogens is 2. The molecule has 2 fully saturated rings. The van der Waals surface area contributed by atoms with E-state index in [0.29, 0.717) is 41.0 Å². The predicted molar refractivity (Wildman–Crippen MR) is 128 cm³/mol. The molecule has 2 aliphatic rings. The average Bonchev–Trinajstić information content (AvgIpc) is 3.62. The van der Waals surface area contributed by atoms with E-state index in [9.17, 15) is 9.18 Å². The van der Waals surface area contributed by atoms with Crippen molar-refractivity contribution in [2.24, 2.45) is 5.73 Å². The number of nitrogens with zero attached hydrogens (tertiary/aromatic N) is 4. The zero-order valence-corrected chi connectivity index (χ0v) is 19.4. The van der Waals surface area contributed by atoms with Crippen LogP contribution in [0.3, 0.4) is 0 Å². The Hall–Kier alpha value is -3.21. The number of carbonyl (C=O) groups is 1. The van der Waals surface area contributed by atoms with Gasteiger partial charge in [-0.2, -0.15) is 10.4 Å². The van der Waals surface area contributed by atoms with Crippen molar-refractivity contribution in [1.29, 1.82) is 5.26 Å². The van der Waals surface area contributed by atoms with Gasteiger partial charge in [-0.05, 0) is 67.5 Å². The van der Waals surface area contributed by atoms with Crippen LogP contribution in [0, 0.1) is 17.1 Å². The fraction of sp³-hybridized carbons (Fsp3) is 0.346. The van der Waals surface area contributed by atoms with E-state index in [1.807, 2.05) is 24.3 Å². The summed E-state index contributed by atoms with van der Waals surface area (Å²) in [5, 5.41) is 14.2. The summed E-state index contributed by atoms with van der Waals surface area (Å²) in [4.78, 5) is 15.1. The van der Waals surface area contributed by atoms with Crippen LogP contribution in [0.2, 0.25) is 5.02 Å². The van der Waals surface area contributed by atoms with E-state index in [1.165, 1.54) is 17.7 Å². The molecule has 3 aromatic rings. The van der Waals surface area contributed by atoms with Gasteiger partial charge >= 0.3 is 0 Å². The third-order valence-corrected chi connectivity index (χ3v) is 6.86. The lowest BCUT2D eigenvalue weighted by molar-refractivity contribution is 0.0748. The van der Waals surface area contributed by atoms with E-state index in [-0.39, 0.29) is 23.2 Å². The first-order valence-corrected chi connectivity index (χ1v) is 12.0. The quantitative estimate of drug-likeness (QED) is 0.570. The molecule has 0 bridgehead atoms. The first-order chi connectivity index (χ1) is 16.4. The van der Waals surface area contributed by atoms with Gasteiger partial charge in [-0.3, -0.25) is 4.79 Å². The molecular formula is C26H25ClFN5O. The molecule has 2 N–H and O–H groups in total. The van der Waals surface area contributed by atoms with E-state index >= 15 is 0 Å².